The molecule has 1 aromatic heterocycles. The maximum absolute atomic E-state index is 12.3. The molecule has 8 heteroatoms. The van der Waals surface area contributed by atoms with E-state index >= 15 is 0 Å². The molecule has 3 N–H and O–H groups in total. The first kappa shape index (κ1) is 14.9. The monoisotopic (exact) mass is 358 g/mol. The lowest BCUT2D eigenvalue weighted by molar-refractivity contribution is 0.598. The third-order valence-corrected chi connectivity index (χ3v) is 4.70. The maximum atomic E-state index is 12.3. The van der Waals surface area contributed by atoms with E-state index in [1.807, 2.05) is 6.92 Å². The van der Waals surface area contributed by atoms with E-state index in [9.17, 15) is 8.42 Å². The predicted octanol–water partition coefficient (Wildman–Crippen LogP) is 2.36. The summed E-state index contributed by atoms with van der Waals surface area (Å²) in [6, 6.07) is 4.85. The highest BCUT2D eigenvalue weighted by Gasteiger charge is 2.20. The highest BCUT2D eigenvalue weighted by molar-refractivity contribution is 9.10. The largest absolute Gasteiger partial charge is 0.399 e. The Labute approximate surface area is 126 Å². The zero-order chi connectivity index (χ0) is 14.9. The molecule has 20 heavy (non-hydrogen) atoms. The number of nitrogens with two attached hydrogens (primary N) is 1. The van der Waals surface area contributed by atoms with Gasteiger partial charge in [-0.2, -0.15) is 8.42 Å². The summed E-state index contributed by atoms with van der Waals surface area (Å²) in [6.45, 7) is 4.36. The van der Waals surface area contributed by atoms with Crippen LogP contribution in [0, 0.1) is 6.92 Å². The smallest absolute Gasteiger partial charge is 0.280 e. The molecule has 1 aromatic carbocycles. The Morgan fingerprint density at radius 2 is 2.15 bits per heavy atom. The summed E-state index contributed by atoms with van der Waals surface area (Å²) in [6.07, 6.45) is 1.52. The van der Waals surface area contributed by atoms with Crippen LogP contribution in [0.5, 0.6) is 0 Å². The van der Waals surface area contributed by atoms with Gasteiger partial charge in [0.05, 0.1) is 5.69 Å². The normalized spacial score (nSPS) is 11.6. The summed E-state index contributed by atoms with van der Waals surface area (Å²) in [5.74, 6) is 0.657. The number of nitrogens with one attached hydrogen (secondary N) is 1. The number of sulfonamides is 1. The van der Waals surface area contributed by atoms with Gasteiger partial charge in [0.15, 0.2) is 5.03 Å². The number of nitrogens with zero attached hydrogens (tertiary/aromatic N) is 2. The van der Waals surface area contributed by atoms with Gasteiger partial charge in [-0.15, -0.1) is 0 Å². The zero-order valence-corrected chi connectivity index (χ0v) is 13.5. The molecule has 0 bridgehead atoms. The molecule has 0 fully saturated rings. The van der Waals surface area contributed by atoms with Crippen LogP contribution in [0.3, 0.4) is 0 Å². The molecule has 0 saturated carbocycles. The van der Waals surface area contributed by atoms with E-state index in [4.69, 9.17) is 5.73 Å². The van der Waals surface area contributed by atoms with E-state index in [0.717, 1.165) is 0 Å². The fraction of sp³-hybridized carbons (Fsp3) is 0.250. The summed E-state index contributed by atoms with van der Waals surface area (Å²) < 4.78 is 29.4. The average molecular weight is 359 g/mol. The maximum Gasteiger partial charge on any atom is 0.280 e. The highest BCUT2D eigenvalue weighted by atomic mass is 79.9. The van der Waals surface area contributed by atoms with Crippen molar-refractivity contribution in [3.05, 3.63) is 34.7 Å². The Bertz CT molecular complexity index is 740. The summed E-state index contributed by atoms with van der Waals surface area (Å²) in [7, 11) is -3.71. The molecule has 0 unspecified atom stereocenters. The average Bonchev–Trinajstić information content (AvgIpc) is 2.75. The molecule has 0 amide bonds. The summed E-state index contributed by atoms with van der Waals surface area (Å²) in [5, 5.41) is 0.000532. The Balaban J connectivity index is 2.35. The van der Waals surface area contributed by atoms with Crippen molar-refractivity contribution in [3.63, 3.8) is 0 Å². The Morgan fingerprint density at radius 3 is 2.70 bits per heavy atom. The number of hydrogen-bond acceptors (Lipinski definition) is 4. The number of halogens is 1. The van der Waals surface area contributed by atoms with E-state index in [0.29, 0.717) is 28.2 Å². The molecule has 0 aliphatic rings. The van der Waals surface area contributed by atoms with Crippen molar-refractivity contribution < 1.29 is 8.42 Å². The van der Waals surface area contributed by atoms with E-state index in [2.05, 4.69) is 25.6 Å². The Kier molecular flexibility index (Phi) is 4.05. The highest BCUT2D eigenvalue weighted by Crippen LogP contribution is 2.26. The van der Waals surface area contributed by atoms with Crippen LogP contribution in [-0.2, 0) is 16.6 Å². The molecule has 6 nitrogen and oxygen atoms in total. The Hall–Kier alpha value is -1.54. The lowest BCUT2D eigenvalue weighted by Crippen LogP contribution is -2.14. The van der Waals surface area contributed by atoms with Gasteiger partial charge in [-0.25, -0.2) is 4.98 Å². The van der Waals surface area contributed by atoms with Gasteiger partial charge in [0, 0.05) is 22.9 Å². The number of hydrogen-bond donors (Lipinski definition) is 2. The van der Waals surface area contributed by atoms with Crippen molar-refractivity contribution in [2.45, 2.75) is 25.4 Å². The topological polar surface area (TPSA) is 90.0 Å². The summed E-state index contributed by atoms with van der Waals surface area (Å²) >= 11 is 3.27. The van der Waals surface area contributed by atoms with Gasteiger partial charge in [0.25, 0.3) is 10.0 Å². The number of aromatic nitrogens is 2. The molecule has 108 valence electrons. The summed E-state index contributed by atoms with van der Waals surface area (Å²) in [5.41, 5.74) is 6.59. The van der Waals surface area contributed by atoms with Crippen LogP contribution in [0.25, 0.3) is 0 Å². The van der Waals surface area contributed by atoms with E-state index in [1.54, 1.807) is 29.7 Å². The zero-order valence-electron chi connectivity index (χ0n) is 11.1. The molecular weight excluding hydrogens is 344 g/mol. The fourth-order valence-electron chi connectivity index (χ4n) is 1.74. The molecule has 2 rings (SSSR count). The minimum absolute atomic E-state index is 0.000532. The molecule has 2 aromatic rings. The number of anilines is 2. The lowest BCUT2D eigenvalue weighted by Gasteiger charge is -2.08. The van der Waals surface area contributed by atoms with E-state index in [-0.39, 0.29) is 5.03 Å². The third-order valence-electron chi connectivity index (χ3n) is 2.81. The van der Waals surface area contributed by atoms with Gasteiger partial charge >= 0.3 is 0 Å². The third kappa shape index (κ3) is 2.96. The predicted molar refractivity (Wildman–Crippen MR) is 82.0 cm³/mol. The van der Waals surface area contributed by atoms with Crippen molar-refractivity contribution in [1.29, 1.82) is 0 Å². The number of nitrogen functional groups attached to an aromatic ring is 1. The van der Waals surface area contributed by atoms with Crippen LogP contribution in [0.2, 0.25) is 0 Å². The van der Waals surface area contributed by atoms with Crippen LogP contribution >= 0.6 is 15.9 Å². The second-order valence-corrected chi connectivity index (χ2v) is 6.74. The molecular formula is C12H15BrN4O2S. The first-order valence-electron chi connectivity index (χ1n) is 5.95. The molecule has 0 radical (unpaired) electrons. The quantitative estimate of drug-likeness (QED) is 0.820. The van der Waals surface area contributed by atoms with Crippen molar-refractivity contribution in [2.75, 3.05) is 10.5 Å². The van der Waals surface area contributed by atoms with Crippen LogP contribution in [-0.4, -0.2) is 18.0 Å². The van der Waals surface area contributed by atoms with Crippen molar-refractivity contribution in [1.82, 2.24) is 9.55 Å². The van der Waals surface area contributed by atoms with Crippen LogP contribution in [0.15, 0.2) is 33.9 Å². The minimum Gasteiger partial charge on any atom is -0.399 e. The van der Waals surface area contributed by atoms with Gasteiger partial charge in [0.1, 0.15) is 5.82 Å². The van der Waals surface area contributed by atoms with E-state index < -0.39 is 10.0 Å². The molecule has 1 heterocycles. The number of imidazole rings is 1. The molecule has 0 spiro atoms. The van der Waals surface area contributed by atoms with Gasteiger partial charge in [-0.1, -0.05) is 0 Å². The van der Waals surface area contributed by atoms with Crippen LogP contribution in [0.4, 0.5) is 11.4 Å². The van der Waals surface area contributed by atoms with Gasteiger partial charge in [-0.05, 0) is 48.0 Å². The second kappa shape index (κ2) is 5.45. The number of aryl methyl sites for hydroxylation is 2. The Morgan fingerprint density at radius 1 is 1.45 bits per heavy atom. The number of benzene rings is 1. The van der Waals surface area contributed by atoms with Crippen molar-refractivity contribution >= 4 is 37.3 Å². The molecule has 0 aliphatic carbocycles. The van der Waals surface area contributed by atoms with Gasteiger partial charge < -0.3 is 10.3 Å². The first-order chi connectivity index (χ1) is 9.33. The van der Waals surface area contributed by atoms with Crippen LogP contribution < -0.4 is 10.5 Å². The molecule has 0 aliphatic heterocycles. The SMILES string of the molecule is CCn1cc(S(=O)(=O)Nc2ccc(N)cc2Br)nc1C. The number of rotatable bonds is 4. The summed E-state index contributed by atoms with van der Waals surface area (Å²) in [4.78, 5) is 4.07. The van der Waals surface area contributed by atoms with Crippen molar-refractivity contribution in [3.8, 4) is 0 Å². The van der Waals surface area contributed by atoms with Gasteiger partial charge in [0.2, 0.25) is 0 Å². The van der Waals surface area contributed by atoms with Crippen molar-refractivity contribution in [2.24, 2.45) is 0 Å². The first-order valence-corrected chi connectivity index (χ1v) is 8.22. The van der Waals surface area contributed by atoms with Gasteiger partial charge in [-0.3, -0.25) is 4.72 Å². The standard InChI is InChI=1S/C12H15BrN4O2S/c1-3-17-7-12(15-8(17)2)20(18,19)16-11-5-4-9(14)6-10(11)13/h4-7,16H,3,14H2,1-2H3. The minimum atomic E-state index is -3.71. The van der Waals surface area contributed by atoms with Crippen LogP contribution in [0.1, 0.15) is 12.7 Å². The molecule has 0 atom stereocenters. The van der Waals surface area contributed by atoms with E-state index in [1.165, 1.54) is 6.20 Å². The molecule has 0 saturated heterocycles. The fourth-order valence-corrected chi connectivity index (χ4v) is 3.46. The lowest BCUT2D eigenvalue weighted by atomic mass is 10.3. The second-order valence-electron chi connectivity index (χ2n) is 4.26.